The van der Waals surface area contributed by atoms with Gasteiger partial charge in [0.15, 0.2) is 5.16 Å². The molecule has 0 atom stereocenters. The third-order valence-electron chi connectivity index (χ3n) is 2.59. The van der Waals surface area contributed by atoms with Crippen molar-refractivity contribution >= 4 is 17.6 Å². The van der Waals surface area contributed by atoms with E-state index in [1.165, 1.54) is 0 Å². The lowest BCUT2D eigenvalue weighted by atomic mass is 10.1. The van der Waals surface area contributed by atoms with Crippen LogP contribution in [0.4, 0.5) is 0 Å². The van der Waals surface area contributed by atoms with Crippen LogP contribution in [-0.4, -0.2) is 27.7 Å². The van der Waals surface area contributed by atoms with Crippen molar-refractivity contribution in [1.82, 2.24) is 14.8 Å². The maximum atomic E-state index is 7.55. The summed E-state index contributed by atoms with van der Waals surface area (Å²) >= 11 is 1.58. The Morgan fingerprint density at radius 3 is 2.89 bits per heavy atom. The molecule has 100 valence electrons. The minimum atomic E-state index is 0.00218. The number of benzene rings is 1. The highest BCUT2D eigenvalue weighted by Gasteiger charge is 2.08. The second kappa shape index (κ2) is 5.75. The summed E-state index contributed by atoms with van der Waals surface area (Å²) in [6, 6.07) is 5.64. The van der Waals surface area contributed by atoms with Crippen LogP contribution in [0.15, 0.2) is 29.7 Å². The van der Waals surface area contributed by atoms with E-state index in [1.807, 2.05) is 29.8 Å². The minimum absolute atomic E-state index is 0.00218. The Morgan fingerprint density at radius 2 is 2.32 bits per heavy atom. The standard InChI is InChI=1S/C12H15N5OS/c1-17-7-15-16-12(17)19-6-8-3-4-10(18-2)9(5-8)11(13)14/h3-5,7H,6H2,1-2H3,(H3,13,14). The first kappa shape index (κ1) is 13.4. The smallest absolute Gasteiger partial charge is 0.191 e. The Labute approximate surface area is 115 Å². The maximum absolute atomic E-state index is 7.55. The number of nitrogens with one attached hydrogen (secondary N) is 1. The molecule has 0 aliphatic heterocycles. The molecule has 7 heteroatoms. The van der Waals surface area contributed by atoms with Gasteiger partial charge in [0.1, 0.15) is 17.9 Å². The van der Waals surface area contributed by atoms with Crippen molar-refractivity contribution in [1.29, 1.82) is 5.41 Å². The van der Waals surface area contributed by atoms with Crippen molar-refractivity contribution in [2.75, 3.05) is 7.11 Å². The highest BCUT2D eigenvalue weighted by molar-refractivity contribution is 7.98. The molecule has 0 amide bonds. The van der Waals surface area contributed by atoms with Crippen LogP contribution in [0.3, 0.4) is 0 Å². The number of amidine groups is 1. The van der Waals surface area contributed by atoms with Crippen LogP contribution in [-0.2, 0) is 12.8 Å². The molecule has 0 saturated carbocycles. The lowest BCUT2D eigenvalue weighted by Gasteiger charge is -2.09. The number of rotatable bonds is 5. The van der Waals surface area contributed by atoms with Crippen molar-refractivity contribution in [3.8, 4) is 5.75 Å². The molecule has 0 unspecified atom stereocenters. The summed E-state index contributed by atoms with van der Waals surface area (Å²) in [5.41, 5.74) is 7.21. The number of methoxy groups -OCH3 is 1. The second-order valence-corrected chi connectivity index (χ2v) is 4.90. The molecule has 1 heterocycles. The Kier molecular flexibility index (Phi) is 4.06. The predicted molar refractivity (Wildman–Crippen MR) is 74.6 cm³/mol. The van der Waals surface area contributed by atoms with Gasteiger partial charge in [-0.05, 0) is 17.7 Å². The van der Waals surface area contributed by atoms with Gasteiger partial charge in [0.2, 0.25) is 0 Å². The van der Waals surface area contributed by atoms with Crippen molar-refractivity contribution < 1.29 is 4.74 Å². The van der Waals surface area contributed by atoms with Crippen LogP contribution >= 0.6 is 11.8 Å². The first-order valence-electron chi connectivity index (χ1n) is 5.60. The zero-order valence-electron chi connectivity index (χ0n) is 10.8. The summed E-state index contributed by atoms with van der Waals surface area (Å²) in [7, 11) is 3.47. The quantitative estimate of drug-likeness (QED) is 0.490. The van der Waals surface area contributed by atoms with Crippen LogP contribution in [0.25, 0.3) is 0 Å². The molecule has 0 aliphatic carbocycles. The number of aromatic nitrogens is 3. The van der Waals surface area contributed by atoms with Gasteiger partial charge in [-0.1, -0.05) is 17.8 Å². The zero-order chi connectivity index (χ0) is 13.8. The number of aryl methyl sites for hydroxylation is 1. The number of nitrogen functional groups attached to an aromatic ring is 1. The van der Waals surface area contributed by atoms with Gasteiger partial charge in [0.25, 0.3) is 0 Å². The van der Waals surface area contributed by atoms with E-state index in [-0.39, 0.29) is 5.84 Å². The highest BCUT2D eigenvalue weighted by Crippen LogP contribution is 2.24. The maximum Gasteiger partial charge on any atom is 0.191 e. The Morgan fingerprint density at radius 1 is 1.53 bits per heavy atom. The summed E-state index contributed by atoms with van der Waals surface area (Å²) in [5.74, 6) is 1.35. The van der Waals surface area contributed by atoms with E-state index in [0.29, 0.717) is 11.3 Å². The molecule has 0 bridgehead atoms. The van der Waals surface area contributed by atoms with Crippen LogP contribution in [0.1, 0.15) is 11.1 Å². The first-order valence-corrected chi connectivity index (χ1v) is 6.58. The van der Waals surface area contributed by atoms with Crippen LogP contribution in [0, 0.1) is 5.41 Å². The van der Waals surface area contributed by atoms with Gasteiger partial charge in [-0.25, -0.2) is 0 Å². The average molecular weight is 277 g/mol. The number of hydrogen-bond acceptors (Lipinski definition) is 5. The van der Waals surface area contributed by atoms with Gasteiger partial charge in [0, 0.05) is 12.8 Å². The van der Waals surface area contributed by atoms with Crippen LogP contribution in [0.5, 0.6) is 5.75 Å². The average Bonchev–Trinajstić information content (AvgIpc) is 2.81. The lowest BCUT2D eigenvalue weighted by Crippen LogP contribution is -2.12. The van der Waals surface area contributed by atoms with Gasteiger partial charge >= 0.3 is 0 Å². The summed E-state index contributed by atoms with van der Waals surface area (Å²) in [6.07, 6.45) is 1.66. The Hall–Kier alpha value is -2.02. The fourth-order valence-electron chi connectivity index (χ4n) is 1.61. The summed E-state index contributed by atoms with van der Waals surface area (Å²) < 4.78 is 7.04. The predicted octanol–water partition coefficient (Wildman–Crippen LogP) is 1.40. The minimum Gasteiger partial charge on any atom is -0.496 e. The summed E-state index contributed by atoms with van der Waals surface area (Å²) in [5, 5.41) is 16.2. The molecule has 2 aromatic rings. The van der Waals surface area contributed by atoms with Crippen LogP contribution < -0.4 is 10.5 Å². The van der Waals surface area contributed by atoms with E-state index < -0.39 is 0 Å². The molecule has 1 aromatic carbocycles. The van der Waals surface area contributed by atoms with Crippen LogP contribution in [0.2, 0.25) is 0 Å². The van der Waals surface area contributed by atoms with E-state index >= 15 is 0 Å². The largest absolute Gasteiger partial charge is 0.496 e. The third-order valence-corrected chi connectivity index (χ3v) is 3.70. The molecule has 6 nitrogen and oxygen atoms in total. The highest BCUT2D eigenvalue weighted by atomic mass is 32.2. The van der Waals surface area contributed by atoms with E-state index in [1.54, 1.807) is 25.2 Å². The normalized spacial score (nSPS) is 10.4. The third kappa shape index (κ3) is 3.05. The van der Waals surface area contributed by atoms with E-state index in [2.05, 4.69) is 10.2 Å². The number of hydrogen-bond donors (Lipinski definition) is 2. The van der Waals surface area contributed by atoms with Gasteiger partial charge in [0.05, 0.1) is 12.7 Å². The van der Waals surface area contributed by atoms with Crippen molar-refractivity contribution in [2.24, 2.45) is 12.8 Å². The lowest BCUT2D eigenvalue weighted by molar-refractivity contribution is 0.413. The van der Waals surface area contributed by atoms with Gasteiger partial charge in [-0.2, -0.15) is 0 Å². The van der Waals surface area contributed by atoms with E-state index in [0.717, 1.165) is 16.5 Å². The fourth-order valence-corrected chi connectivity index (χ4v) is 2.44. The molecule has 1 aromatic heterocycles. The second-order valence-electron chi connectivity index (χ2n) is 3.96. The SMILES string of the molecule is COc1ccc(CSc2nncn2C)cc1C(=N)N. The summed E-state index contributed by atoms with van der Waals surface area (Å²) in [6.45, 7) is 0. The summed E-state index contributed by atoms with van der Waals surface area (Å²) in [4.78, 5) is 0. The molecule has 0 fully saturated rings. The Balaban J connectivity index is 2.15. The van der Waals surface area contributed by atoms with Gasteiger partial charge < -0.3 is 15.0 Å². The monoisotopic (exact) mass is 277 g/mol. The van der Waals surface area contributed by atoms with Crippen molar-refractivity contribution in [2.45, 2.75) is 10.9 Å². The van der Waals surface area contributed by atoms with E-state index in [9.17, 15) is 0 Å². The molecule has 2 rings (SSSR count). The van der Waals surface area contributed by atoms with Gasteiger partial charge in [-0.3, -0.25) is 5.41 Å². The molecule has 0 aliphatic rings. The van der Waals surface area contributed by atoms with Gasteiger partial charge in [-0.15, -0.1) is 10.2 Å². The fraction of sp³-hybridized carbons (Fsp3) is 0.250. The number of nitrogens with zero attached hydrogens (tertiary/aromatic N) is 3. The Bertz CT molecular complexity index is 596. The van der Waals surface area contributed by atoms with Crippen molar-refractivity contribution in [3.63, 3.8) is 0 Å². The number of nitrogens with two attached hydrogens (primary N) is 1. The molecular weight excluding hydrogens is 262 g/mol. The molecule has 0 spiro atoms. The molecule has 0 saturated heterocycles. The molecule has 3 N–H and O–H groups in total. The van der Waals surface area contributed by atoms with Crippen molar-refractivity contribution in [3.05, 3.63) is 35.7 Å². The van der Waals surface area contributed by atoms with E-state index in [4.69, 9.17) is 15.9 Å². The molecule has 19 heavy (non-hydrogen) atoms. The number of thioether (sulfide) groups is 1. The molecule has 0 radical (unpaired) electrons. The molecular formula is C12H15N5OS. The first-order chi connectivity index (χ1) is 9.11. The zero-order valence-corrected chi connectivity index (χ0v) is 11.6. The number of ether oxygens (including phenoxy) is 1. The topological polar surface area (TPSA) is 89.8 Å².